The first-order valence-corrected chi connectivity index (χ1v) is 9.02. The molecular weight excluding hydrogens is 396 g/mol. The Bertz CT molecular complexity index is 1340. The fraction of sp³-hybridized carbons (Fsp3) is 0.0526. The molecule has 1 aliphatic carbocycles. The highest BCUT2D eigenvalue weighted by Crippen LogP contribution is 2.51. The number of nitrogens with one attached hydrogen (secondary N) is 2. The molecule has 1 spiro atoms. The summed E-state index contributed by atoms with van der Waals surface area (Å²) < 4.78 is 1.22. The van der Waals surface area contributed by atoms with E-state index in [9.17, 15) is 14.4 Å². The van der Waals surface area contributed by atoms with Gasteiger partial charge in [0, 0.05) is 27.4 Å². The average molecular weight is 405 g/mol. The molecule has 0 saturated heterocycles. The molecule has 29 heavy (non-hydrogen) atoms. The topological polar surface area (TPSA) is 119 Å². The summed E-state index contributed by atoms with van der Waals surface area (Å²) in [5, 5.41) is 17.8. The summed E-state index contributed by atoms with van der Waals surface area (Å²) in [7, 11) is 0. The number of amides is 1. The normalized spacial score (nSPS) is 21.3. The zero-order chi connectivity index (χ0) is 19.9. The lowest BCUT2D eigenvalue weighted by Crippen LogP contribution is -2.52. The molecule has 1 atom stereocenters. The van der Waals surface area contributed by atoms with Gasteiger partial charge in [-0.25, -0.2) is 0 Å². The number of carbonyl (C=O) groups excluding carboxylic acids is 3. The van der Waals surface area contributed by atoms with Crippen LogP contribution in [0.1, 0.15) is 21.5 Å². The molecule has 0 fully saturated rings. The van der Waals surface area contributed by atoms with E-state index in [1.54, 1.807) is 42.5 Å². The highest BCUT2D eigenvalue weighted by atomic mass is 35.5. The van der Waals surface area contributed by atoms with Gasteiger partial charge in [-0.15, -0.1) is 0 Å². The smallest absolute Gasteiger partial charge is 0.262 e. The van der Waals surface area contributed by atoms with Crippen LogP contribution in [0.25, 0.3) is 5.70 Å². The Morgan fingerprint density at radius 1 is 0.966 bits per heavy atom. The molecule has 9 nitrogen and oxygen atoms in total. The third-order valence-electron chi connectivity index (χ3n) is 5.46. The number of tetrazole rings is 1. The largest absolute Gasteiger partial charge is 0.323 e. The summed E-state index contributed by atoms with van der Waals surface area (Å²) in [6, 6.07) is 11.5. The maximum absolute atomic E-state index is 13.4. The van der Waals surface area contributed by atoms with E-state index in [2.05, 4.69) is 26.2 Å². The lowest BCUT2D eigenvalue weighted by molar-refractivity contribution is -0.123. The van der Waals surface area contributed by atoms with Gasteiger partial charge in [-0.05, 0) is 28.6 Å². The number of fused-ring (bicyclic) bond motifs is 7. The first-order chi connectivity index (χ1) is 14.0. The Morgan fingerprint density at radius 2 is 1.76 bits per heavy atom. The van der Waals surface area contributed by atoms with Crippen LogP contribution in [0.2, 0.25) is 5.02 Å². The Balaban J connectivity index is 1.80. The van der Waals surface area contributed by atoms with Crippen LogP contribution in [0.5, 0.6) is 0 Å². The molecule has 2 N–H and O–H groups in total. The number of ketones is 2. The Morgan fingerprint density at radius 3 is 2.59 bits per heavy atom. The molecule has 140 valence electrons. The van der Waals surface area contributed by atoms with Crippen molar-refractivity contribution in [3.63, 3.8) is 0 Å². The monoisotopic (exact) mass is 404 g/mol. The highest BCUT2D eigenvalue weighted by molar-refractivity contribution is 6.54. The van der Waals surface area contributed by atoms with E-state index < -0.39 is 23.0 Å². The van der Waals surface area contributed by atoms with Gasteiger partial charge in [0.2, 0.25) is 23.1 Å². The summed E-state index contributed by atoms with van der Waals surface area (Å²) in [4.78, 5) is 39.6. The Labute approximate surface area is 167 Å². The molecule has 2 aromatic carbocycles. The maximum atomic E-state index is 13.4. The minimum atomic E-state index is -1.75. The lowest BCUT2D eigenvalue weighted by atomic mass is 9.73. The molecule has 3 aliphatic rings. The third-order valence-corrected chi connectivity index (χ3v) is 5.69. The van der Waals surface area contributed by atoms with Gasteiger partial charge in [0.05, 0.1) is 11.3 Å². The number of hydrogen-bond donors (Lipinski definition) is 2. The summed E-state index contributed by atoms with van der Waals surface area (Å²) in [5.74, 6) is -1.86. The van der Waals surface area contributed by atoms with Crippen LogP contribution in [-0.4, -0.2) is 37.7 Å². The first-order valence-electron chi connectivity index (χ1n) is 8.64. The number of nitrogens with zero attached hydrogens (tertiary/aromatic N) is 4. The summed E-state index contributed by atoms with van der Waals surface area (Å²) in [6.45, 7) is 0. The highest BCUT2D eigenvalue weighted by Gasteiger charge is 2.61. The van der Waals surface area contributed by atoms with Gasteiger partial charge in [-0.2, -0.15) is 4.68 Å². The van der Waals surface area contributed by atoms with Crippen LogP contribution in [0, 0.1) is 0 Å². The molecule has 2 aliphatic heterocycles. The zero-order valence-corrected chi connectivity index (χ0v) is 15.2. The summed E-state index contributed by atoms with van der Waals surface area (Å²) >= 11 is 6.21. The standard InChI is InChI=1S/C19H9ClN6O3/c20-8-5-6-12-11(7-8)19(17(29)21-12)13-14(22-18-23-24-25-26(18)19)9-3-1-2-4-10(9)15(27)16(13)28/h1-7H,(H,21,29)(H,22,23,25). The van der Waals surface area contributed by atoms with Crippen molar-refractivity contribution >= 4 is 46.4 Å². The Hall–Kier alpha value is -3.85. The van der Waals surface area contributed by atoms with Crippen molar-refractivity contribution in [1.82, 2.24) is 20.2 Å². The van der Waals surface area contributed by atoms with E-state index in [-0.39, 0.29) is 17.1 Å². The third kappa shape index (κ3) is 1.76. The molecule has 1 amide bonds. The molecule has 3 aromatic rings. The minimum absolute atomic E-state index is 0.0282. The number of Topliss-reactive ketones (excluding diaryl/α,β-unsaturated/α-hetero) is 2. The second-order valence-corrected chi connectivity index (χ2v) is 7.28. The van der Waals surface area contributed by atoms with Crippen molar-refractivity contribution in [2.24, 2.45) is 0 Å². The second-order valence-electron chi connectivity index (χ2n) is 6.85. The van der Waals surface area contributed by atoms with E-state index in [4.69, 9.17) is 11.6 Å². The van der Waals surface area contributed by atoms with Gasteiger partial charge in [-0.3, -0.25) is 14.4 Å². The van der Waals surface area contributed by atoms with Gasteiger partial charge < -0.3 is 10.6 Å². The molecule has 0 bridgehead atoms. The molecule has 0 radical (unpaired) electrons. The van der Waals surface area contributed by atoms with Crippen LogP contribution >= 0.6 is 11.6 Å². The van der Waals surface area contributed by atoms with Crippen molar-refractivity contribution in [2.45, 2.75) is 5.54 Å². The quantitative estimate of drug-likeness (QED) is 0.546. The van der Waals surface area contributed by atoms with Gasteiger partial charge in [0.1, 0.15) is 0 Å². The van der Waals surface area contributed by atoms with Crippen molar-refractivity contribution in [3.8, 4) is 0 Å². The van der Waals surface area contributed by atoms with Crippen LogP contribution in [-0.2, 0) is 15.1 Å². The number of halogens is 1. The van der Waals surface area contributed by atoms with E-state index >= 15 is 0 Å². The number of rotatable bonds is 0. The molecule has 1 unspecified atom stereocenters. The molecule has 0 saturated carbocycles. The molecule has 6 rings (SSSR count). The number of benzene rings is 2. The molecular formula is C19H9ClN6O3. The lowest BCUT2D eigenvalue weighted by Gasteiger charge is -2.37. The van der Waals surface area contributed by atoms with Crippen LogP contribution in [0.4, 0.5) is 11.6 Å². The van der Waals surface area contributed by atoms with Crippen LogP contribution < -0.4 is 10.6 Å². The number of anilines is 2. The fourth-order valence-corrected chi connectivity index (χ4v) is 4.46. The van der Waals surface area contributed by atoms with Gasteiger partial charge in [0.15, 0.2) is 0 Å². The predicted octanol–water partition coefficient (Wildman–Crippen LogP) is 1.62. The number of hydrogen-bond acceptors (Lipinski definition) is 7. The fourth-order valence-electron chi connectivity index (χ4n) is 4.29. The predicted molar refractivity (Wildman–Crippen MR) is 101 cm³/mol. The van der Waals surface area contributed by atoms with Gasteiger partial charge in [-0.1, -0.05) is 41.0 Å². The first kappa shape index (κ1) is 16.1. The zero-order valence-electron chi connectivity index (χ0n) is 14.4. The maximum Gasteiger partial charge on any atom is 0.262 e. The van der Waals surface area contributed by atoms with Crippen LogP contribution in [0.15, 0.2) is 48.0 Å². The van der Waals surface area contributed by atoms with E-state index in [0.29, 0.717) is 27.5 Å². The Kier molecular flexibility index (Phi) is 2.86. The van der Waals surface area contributed by atoms with Crippen molar-refractivity contribution < 1.29 is 14.4 Å². The summed E-state index contributed by atoms with van der Waals surface area (Å²) in [5.41, 5.74) is 0.176. The van der Waals surface area contributed by atoms with E-state index in [0.717, 1.165) is 0 Å². The number of carbonyl (C=O) groups is 3. The van der Waals surface area contributed by atoms with Gasteiger partial charge >= 0.3 is 0 Å². The minimum Gasteiger partial charge on any atom is -0.323 e. The molecule has 1 aromatic heterocycles. The van der Waals surface area contributed by atoms with Crippen molar-refractivity contribution in [2.75, 3.05) is 10.6 Å². The van der Waals surface area contributed by atoms with E-state index in [1.807, 2.05) is 0 Å². The van der Waals surface area contributed by atoms with Gasteiger partial charge in [0.25, 0.3) is 5.91 Å². The van der Waals surface area contributed by atoms with Crippen molar-refractivity contribution in [1.29, 1.82) is 0 Å². The second kappa shape index (κ2) is 5.15. The number of aromatic nitrogens is 4. The average Bonchev–Trinajstić information content (AvgIpc) is 3.30. The summed E-state index contributed by atoms with van der Waals surface area (Å²) in [6.07, 6.45) is 0. The SMILES string of the molecule is O=C1C(=O)c2ccccc2C2=C1C1(C(=O)Nc3ccc(Cl)cc31)n1nnnc1N2. The molecule has 10 heteroatoms. The van der Waals surface area contributed by atoms with Crippen molar-refractivity contribution in [3.05, 3.63) is 69.8 Å². The van der Waals surface area contributed by atoms with Crippen LogP contribution in [0.3, 0.4) is 0 Å². The molecule has 3 heterocycles. The van der Waals surface area contributed by atoms with E-state index in [1.165, 1.54) is 4.68 Å².